The van der Waals surface area contributed by atoms with E-state index in [2.05, 4.69) is 4.90 Å². The highest BCUT2D eigenvalue weighted by atomic mass is 16.6. The van der Waals surface area contributed by atoms with Crippen LogP contribution in [0.1, 0.15) is 40.0 Å². The number of hydrogen-bond donors (Lipinski definition) is 0. The molecule has 0 N–H and O–H groups in total. The van der Waals surface area contributed by atoms with Crippen LogP contribution in [0.15, 0.2) is 0 Å². The van der Waals surface area contributed by atoms with E-state index in [0.29, 0.717) is 13.2 Å². The first-order valence-electron chi connectivity index (χ1n) is 7.47. The van der Waals surface area contributed by atoms with Crippen molar-refractivity contribution in [2.45, 2.75) is 51.7 Å². The van der Waals surface area contributed by atoms with Gasteiger partial charge in [0.15, 0.2) is 0 Å². The molecule has 20 heavy (non-hydrogen) atoms. The topological polar surface area (TPSA) is 48.0 Å². The van der Waals surface area contributed by atoms with Crippen molar-refractivity contribution in [3.05, 3.63) is 0 Å². The Hall–Kier alpha value is -0.650. The molecule has 5 heteroatoms. The van der Waals surface area contributed by atoms with Gasteiger partial charge < -0.3 is 14.2 Å². The number of carbonyl (C=O) groups excluding carboxylic acids is 1. The lowest BCUT2D eigenvalue weighted by Gasteiger charge is -2.27. The van der Waals surface area contributed by atoms with Gasteiger partial charge in [0.2, 0.25) is 0 Å². The SMILES string of the molecule is COCCCOCCN1CCC[C@@H]1C(=O)OC(C)(C)C. The van der Waals surface area contributed by atoms with Crippen LogP contribution in [0.2, 0.25) is 0 Å². The molecule has 0 spiro atoms. The number of nitrogens with zero attached hydrogens (tertiary/aromatic N) is 1. The summed E-state index contributed by atoms with van der Waals surface area (Å²) in [6.45, 7) is 9.55. The minimum atomic E-state index is -0.415. The zero-order chi connectivity index (χ0) is 15.0. The fourth-order valence-electron chi connectivity index (χ4n) is 2.32. The third-order valence-corrected chi connectivity index (χ3v) is 3.20. The Morgan fingerprint density at radius 3 is 2.65 bits per heavy atom. The molecule has 1 aliphatic rings. The molecular formula is C15H29NO4. The second kappa shape index (κ2) is 8.60. The summed E-state index contributed by atoms with van der Waals surface area (Å²) in [5.74, 6) is -0.102. The van der Waals surface area contributed by atoms with Crippen molar-refractivity contribution in [3.63, 3.8) is 0 Å². The summed E-state index contributed by atoms with van der Waals surface area (Å²) in [6, 6.07) is -0.100. The summed E-state index contributed by atoms with van der Waals surface area (Å²) in [5.41, 5.74) is -0.415. The zero-order valence-electron chi connectivity index (χ0n) is 13.3. The van der Waals surface area contributed by atoms with Gasteiger partial charge in [-0.1, -0.05) is 0 Å². The molecule has 0 unspecified atom stereocenters. The van der Waals surface area contributed by atoms with Crippen LogP contribution >= 0.6 is 0 Å². The highest BCUT2D eigenvalue weighted by molar-refractivity contribution is 5.76. The number of methoxy groups -OCH3 is 1. The summed E-state index contributed by atoms with van der Waals surface area (Å²) < 4.78 is 16.0. The lowest BCUT2D eigenvalue weighted by molar-refractivity contribution is -0.160. The summed E-state index contributed by atoms with van der Waals surface area (Å²) in [5, 5.41) is 0. The normalized spacial score (nSPS) is 20.3. The van der Waals surface area contributed by atoms with Crippen LogP contribution in [0, 0.1) is 0 Å². The van der Waals surface area contributed by atoms with Gasteiger partial charge in [-0.3, -0.25) is 9.69 Å². The van der Waals surface area contributed by atoms with E-state index in [4.69, 9.17) is 14.2 Å². The van der Waals surface area contributed by atoms with Gasteiger partial charge in [0.05, 0.1) is 6.61 Å². The number of likely N-dealkylation sites (tertiary alicyclic amines) is 1. The molecule has 0 radical (unpaired) electrons. The molecule has 5 nitrogen and oxygen atoms in total. The number of esters is 1. The Morgan fingerprint density at radius 2 is 2.00 bits per heavy atom. The average Bonchev–Trinajstić information content (AvgIpc) is 2.80. The van der Waals surface area contributed by atoms with E-state index in [-0.39, 0.29) is 12.0 Å². The third kappa shape index (κ3) is 6.68. The van der Waals surface area contributed by atoms with E-state index in [1.165, 1.54) is 0 Å². The minimum absolute atomic E-state index is 0.100. The molecule has 0 aliphatic carbocycles. The van der Waals surface area contributed by atoms with Crippen LogP contribution in [0.5, 0.6) is 0 Å². The fourth-order valence-corrected chi connectivity index (χ4v) is 2.32. The van der Waals surface area contributed by atoms with Crippen LogP contribution in [0.3, 0.4) is 0 Å². The molecule has 0 saturated carbocycles. The monoisotopic (exact) mass is 287 g/mol. The first-order chi connectivity index (χ1) is 9.44. The lowest BCUT2D eigenvalue weighted by atomic mass is 10.1. The number of carbonyl (C=O) groups is 1. The first kappa shape index (κ1) is 17.4. The van der Waals surface area contributed by atoms with Crippen molar-refractivity contribution in [2.24, 2.45) is 0 Å². The zero-order valence-corrected chi connectivity index (χ0v) is 13.3. The predicted molar refractivity (Wildman–Crippen MR) is 77.8 cm³/mol. The quantitative estimate of drug-likeness (QED) is 0.503. The summed E-state index contributed by atoms with van der Waals surface area (Å²) in [7, 11) is 1.69. The highest BCUT2D eigenvalue weighted by Gasteiger charge is 2.33. The molecule has 0 amide bonds. The van der Waals surface area contributed by atoms with E-state index in [0.717, 1.165) is 39.0 Å². The van der Waals surface area contributed by atoms with Gasteiger partial charge in [0.25, 0.3) is 0 Å². The van der Waals surface area contributed by atoms with E-state index in [9.17, 15) is 4.79 Å². The lowest BCUT2D eigenvalue weighted by Crippen LogP contribution is -2.41. The first-order valence-corrected chi connectivity index (χ1v) is 7.47. The Morgan fingerprint density at radius 1 is 1.25 bits per heavy atom. The van der Waals surface area contributed by atoms with Gasteiger partial charge in [-0.25, -0.2) is 0 Å². The summed E-state index contributed by atoms with van der Waals surface area (Å²) >= 11 is 0. The van der Waals surface area contributed by atoms with Crippen LogP contribution in [0.25, 0.3) is 0 Å². The van der Waals surface area contributed by atoms with Gasteiger partial charge in [-0.05, 0) is 46.6 Å². The molecular weight excluding hydrogens is 258 g/mol. The Kier molecular flexibility index (Phi) is 7.48. The minimum Gasteiger partial charge on any atom is -0.459 e. The number of ether oxygens (including phenoxy) is 3. The molecule has 1 fully saturated rings. The van der Waals surface area contributed by atoms with E-state index in [1.54, 1.807) is 7.11 Å². The molecule has 118 valence electrons. The van der Waals surface area contributed by atoms with E-state index < -0.39 is 5.60 Å². The van der Waals surface area contributed by atoms with Crippen molar-refractivity contribution >= 4 is 5.97 Å². The van der Waals surface area contributed by atoms with Gasteiger partial charge in [-0.2, -0.15) is 0 Å². The fraction of sp³-hybridized carbons (Fsp3) is 0.933. The maximum Gasteiger partial charge on any atom is 0.323 e. The van der Waals surface area contributed by atoms with Gasteiger partial charge in [0.1, 0.15) is 11.6 Å². The second-order valence-corrected chi connectivity index (χ2v) is 6.19. The number of hydrogen-bond acceptors (Lipinski definition) is 5. The Labute approximate surface area is 122 Å². The number of rotatable bonds is 8. The molecule has 0 aromatic rings. The summed E-state index contributed by atoms with van der Waals surface area (Å²) in [6.07, 6.45) is 2.85. The molecule has 1 atom stereocenters. The van der Waals surface area contributed by atoms with Crippen LogP contribution < -0.4 is 0 Å². The predicted octanol–water partition coefficient (Wildman–Crippen LogP) is 1.85. The third-order valence-electron chi connectivity index (χ3n) is 3.20. The van der Waals surface area contributed by atoms with E-state index in [1.807, 2.05) is 20.8 Å². The van der Waals surface area contributed by atoms with Crippen molar-refractivity contribution in [2.75, 3.05) is 40.0 Å². The van der Waals surface area contributed by atoms with Crippen molar-refractivity contribution in [1.82, 2.24) is 4.90 Å². The molecule has 0 aromatic heterocycles. The van der Waals surface area contributed by atoms with Crippen LogP contribution in [0.4, 0.5) is 0 Å². The smallest absolute Gasteiger partial charge is 0.323 e. The van der Waals surface area contributed by atoms with Gasteiger partial charge >= 0.3 is 5.97 Å². The van der Waals surface area contributed by atoms with Gasteiger partial charge in [-0.15, -0.1) is 0 Å². The van der Waals surface area contributed by atoms with Crippen molar-refractivity contribution < 1.29 is 19.0 Å². The second-order valence-electron chi connectivity index (χ2n) is 6.19. The average molecular weight is 287 g/mol. The van der Waals surface area contributed by atoms with Crippen molar-refractivity contribution in [1.29, 1.82) is 0 Å². The molecule has 1 aliphatic heterocycles. The Bertz CT molecular complexity index is 288. The van der Waals surface area contributed by atoms with Crippen LogP contribution in [-0.4, -0.2) is 62.5 Å². The molecule has 1 rings (SSSR count). The largest absolute Gasteiger partial charge is 0.459 e. The van der Waals surface area contributed by atoms with Crippen LogP contribution in [-0.2, 0) is 19.0 Å². The van der Waals surface area contributed by atoms with Crippen molar-refractivity contribution in [3.8, 4) is 0 Å². The molecule has 1 heterocycles. The summed E-state index contributed by atoms with van der Waals surface area (Å²) in [4.78, 5) is 14.3. The molecule has 0 aromatic carbocycles. The molecule has 0 bridgehead atoms. The van der Waals surface area contributed by atoms with Gasteiger partial charge in [0, 0.05) is 26.9 Å². The maximum absolute atomic E-state index is 12.1. The standard InChI is InChI=1S/C15H29NO4/c1-15(2,3)20-14(17)13-7-5-8-16(13)9-12-19-11-6-10-18-4/h13H,5-12H2,1-4H3/t13-/m1/s1. The molecule has 1 saturated heterocycles. The van der Waals surface area contributed by atoms with E-state index >= 15 is 0 Å². The highest BCUT2D eigenvalue weighted by Crippen LogP contribution is 2.20. The Balaban J connectivity index is 2.25. The maximum atomic E-state index is 12.1.